The third kappa shape index (κ3) is 5.82. The third-order valence-corrected chi connectivity index (χ3v) is 2.94. The van der Waals surface area contributed by atoms with Crippen molar-refractivity contribution in [1.29, 1.82) is 0 Å². The molecule has 0 aromatic carbocycles. The number of rotatable bonds is 9. The molecular weight excluding hydrogens is 216 g/mol. The summed E-state index contributed by atoms with van der Waals surface area (Å²) in [4.78, 5) is 25.3. The van der Waals surface area contributed by atoms with Gasteiger partial charge < -0.3 is 10.6 Å². The lowest BCUT2D eigenvalue weighted by Gasteiger charge is -2.19. The summed E-state index contributed by atoms with van der Waals surface area (Å²) in [6.45, 7) is 4.97. The molecule has 4 nitrogen and oxygen atoms in total. The Morgan fingerprint density at radius 1 is 1.18 bits per heavy atom. The van der Waals surface area contributed by atoms with E-state index in [0.29, 0.717) is 13.1 Å². The maximum absolute atomic E-state index is 12.0. The maximum atomic E-state index is 12.0. The number of nitrogens with zero attached hydrogens (tertiary/aromatic N) is 1. The number of amides is 1. The summed E-state index contributed by atoms with van der Waals surface area (Å²) in [5.41, 5.74) is 5.38. The molecule has 1 unspecified atom stereocenters. The smallest absolute Gasteiger partial charge is 0.290 e. The zero-order valence-corrected chi connectivity index (χ0v) is 11.4. The van der Waals surface area contributed by atoms with Crippen LogP contribution in [-0.2, 0) is 9.59 Å². The minimum Gasteiger partial charge on any atom is -0.338 e. The normalized spacial score (nSPS) is 12.2. The highest BCUT2D eigenvalue weighted by molar-refractivity contribution is 6.36. The SMILES string of the molecule is CCCCC(CCC)C(=O)C(=O)N(C)CCN. The highest BCUT2D eigenvalue weighted by Crippen LogP contribution is 2.17. The largest absolute Gasteiger partial charge is 0.338 e. The molecule has 0 bridgehead atoms. The van der Waals surface area contributed by atoms with Crippen molar-refractivity contribution in [2.24, 2.45) is 11.7 Å². The molecule has 0 aromatic rings. The summed E-state index contributed by atoms with van der Waals surface area (Å²) in [6, 6.07) is 0. The lowest BCUT2D eigenvalue weighted by Crippen LogP contribution is -2.39. The molecule has 4 heteroatoms. The fraction of sp³-hybridized carbons (Fsp3) is 0.846. The standard InChI is InChI=1S/C13H26N2O2/c1-4-6-8-11(7-5-2)12(16)13(17)15(3)10-9-14/h11H,4-10,14H2,1-3H3. The Morgan fingerprint density at radius 2 is 1.82 bits per heavy atom. The van der Waals surface area contributed by atoms with Gasteiger partial charge >= 0.3 is 0 Å². The van der Waals surface area contributed by atoms with Gasteiger partial charge in [0.25, 0.3) is 5.91 Å². The predicted octanol–water partition coefficient (Wildman–Crippen LogP) is 1.58. The van der Waals surface area contributed by atoms with E-state index in [4.69, 9.17) is 5.73 Å². The van der Waals surface area contributed by atoms with Crippen LogP contribution in [-0.4, -0.2) is 36.7 Å². The van der Waals surface area contributed by atoms with Gasteiger partial charge in [0, 0.05) is 26.1 Å². The number of likely N-dealkylation sites (N-methyl/N-ethyl adjacent to an activating group) is 1. The molecule has 1 atom stereocenters. The summed E-state index contributed by atoms with van der Waals surface area (Å²) >= 11 is 0. The van der Waals surface area contributed by atoms with E-state index in [1.54, 1.807) is 7.05 Å². The molecular formula is C13H26N2O2. The van der Waals surface area contributed by atoms with Crippen molar-refractivity contribution in [2.45, 2.75) is 46.0 Å². The van der Waals surface area contributed by atoms with Gasteiger partial charge in [-0.3, -0.25) is 9.59 Å². The molecule has 0 saturated carbocycles. The Morgan fingerprint density at radius 3 is 2.29 bits per heavy atom. The Labute approximate surface area is 105 Å². The summed E-state index contributed by atoms with van der Waals surface area (Å²) in [7, 11) is 1.63. The van der Waals surface area contributed by atoms with Crippen LogP contribution < -0.4 is 5.73 Å². The molecule has 2 N–H and O–H groups in total. The van der Waals surface area contributed by atoms with Gasteiger partial charge in [-0.25, -0.2) is 0 Å². The van der Waals surface area contributed by atoms with E-state index < -0.39 is 0 Å². The zero-order chi connectivity index (χ0) is 13.3. The molecule has 0 rings (SSSR count). The third-order valence-electron chi connectivity index (χ3n) is 2.94. The number of carbonyl (C=O) groups excluding carboxylic acids is 2. The van der Waals surface area contributed by atoms with Crippen molar-refractivity contribution in [1.82, 2.24) is 4.90 Å². The van der Waals surface area contributed by atoms with Crippen molar-refractivity contribution in [2.75, 3.05) is 20.1 Å². The molecule has 0 fully saturated rings. The molecule has 0 aliphatic rings. The van der Waals surface area contributed by atoms with E-state index in [2.05, 4.69) is 6.92 Å². The molecule has 0 heterocycles. The topological polar surface area (TPSA) is 63.4 Å². The van der Waals surface area contributed by atoms with Crippen molar-refractivity contribution in [3.63, 3.8) is 0 Å². The molecule has 0 aromatic heterocycles. The summed E-state index contributed by atoms with van der Waals surface area (Å²) < 4.78 is 0. The van der Waals surface area contributed by atoms with Gasteiger partial charge in [-0.15, -0.1) is 0 Å². The van der Waals surface area contributed by atoms with Crippen LogP contribution >= 0.6 is 0 Å². The van der Waals surface area contributed by atoms with E-state index >= 15 is 0 Å². The van der Waals surface area contributed by atoms with Gasteiger partial charge in [0.05, 0.1) is 0 Å². The Hall–Kier alpha value is -0.900. The van der Waals surface area contributed by atoms with Gasteiger partial charge in [0.2, 0.25) is 5.78 Å². The number of hydrogen-bond acceptors (Lipinski definition) is 3. The molecule has 1 amide bonds. The lowest BCUT2D eigenvalue weighted by atomic mass is 9.92. The molecule has 0 saturated heterocycles. The Kier molecular flexibility index (Phi) is 8.68. The molecule has 0 aliphatic heterocycles. The van der Waals surface area contributed by atoms with Crippen molar-refractivity contribution < 1.29 is 9.59 Å². The van der Waals surface area contributed by atoms with Crippen LogP contribution in [0.5, 0.6) is 0 Å². The van der Waals surface area contributed by atoms with Gasteiger partial charge in [-0.1, -0.05) is 33.1 Å². The molecule has 0 aliphatic carbocycles. The summed E-state index contributed by atoms with van der Waals surface area (Å²) in [5.74, 6) is -0.728. The molecule has 0 radical (unpaired) electrons. The average molecular weight is 242 g/mol. The number of hydrogen-bond donors (Lipinski definition) is 1. The Balaban J connectivity index is 4.42. The van der Waals surface area contributed by atoms with Crippen LogP contribution in [0.1, 0.15) is 46.0 Å². The van der Waals surface area contributed by atoms with Crippen LogP contribution in [0.3, 0.4) is 0 Å². The van der Waals surface area contributed by atoms with Gasteiger partial charge in [0.1, 0.15) is 0 Å². The van der Waals surface area contributed by atoms with Crippen LogP contribution in [0.15, 0.2) is 0 Å². The first-order chi connectivity index (χ1) is 8.08. The van der Waals surface area contributed by atoms with Crippen molar-refractivity contribution >= 4 is 11.7 Å². The molecule has 100 valence electrons. The van der Waals surface area contributed by atoms with E-state index in [1.807, 2.05) is 6.92 Å². The fourth-order valence-corrected chi connectivity index (χ4v) is 1.86. The Bertz CT molecular complexity index is 242. The zero-order valence-electron chi connectivity index (χ0n) is 11.4. The fourth-order valence-electron chi connectivity index (χ4n) is 1.86. The highest BCUT2D eigenvalue weighted by atomic mass is 16.2. The average Bonchev–Trinajstić information content (AvgIpc) is 2.33. The van der Waals surface area contributed by atoms with Gasteiger partial charge in [-0.05, 0) is 12.8 Å². The van der Waals surface area contributed by atoms with Crippen molar-refractivity contribution in [3.05, 3.63) is 0 Å². The minimum absolute atomic E-state index is 0.104. The first kappa shape index (κ1) is 16.1. The number of ketones is 1. The second-order valence-electron chi connectivity index (χ2n) is 4.51. The van der Waals surface area contributed by atoms with Gasteiger partial charge in [0.15, 0.2) is 0 Å². The van der Waals surface area contributed by atoms with Crippen LogP contribution in [0.25, 0.3) is 0 Å². The second kappa shape index (κ2) is 9.16. The maximum Gasteiger partial charge on any atom is 0.290 e. The number of unbranched alkanes of at least 4 members (excludes halogenated alkanes) is 1. The summed E-state index contributed by atoms with van der Waals surface area (Å²) in [5, 5.41) is 0. The van der Waals surface area contributed by atoms with E-state index in [-0.39, 0.29) is 17.6 Å². The monoisotopic (exact) mass is 242 g/mol. The van der Waals surface area contributed by atoms with E-state index in [9.17, 15) is 9.59 Å². The highest BCUT2D eigenvalue weighted by Gasteiger charge is 2.26. The second-order valence-corrected chi connectivity index (χ2v) is 4.51. The lowest BCUT2D eigenvalue weighted by molar-refractivity contribution is -0.146. The minimum atomic E-state index is -0.384. The van der Waals surface area contributed by atoms with Crippen molar-refractivity contribution in [3.8, 4) is 0 Å². The first-order valence-electron chi connectivity index (χ1n) is 6.57. The number of nitrogens with two attached hydrogens (primary N) is 1. The summed E-state index contributed by atoms with van der Waals surface area (Å²) in [6.07, 6.45) is 4.63. The molecule has 17 heavy (non-hydrogen) atoms. The molecule has 0 spiro atoms. The van der Waals surface area contributed by atoms with Crippen LogP contribution in [0.4, 0.5) is 0 Å². The van der Waals surface area contributed by atoms with E-state index in [0.717, 1.165) is 32.1 Å². The quantitative estimate of drug-likeness (QED) is 0.624. The number of carbonyl (C=O) groups is 2. The van der Waals surface area contributed by atoms with Crippen LogP contribution in [0, 0.1) is 5.92 Å². The first-order valence-corrected chi connectivity index (χ1v) is 6.57. The van der Waals surface area contributed by atoms with E-state index in [1.165, 1.54) is 4.90 Å². The van der Waals surface area contributed by atoms with Gasteiger partial charge in [-0.2, -0.15) is 0 Å². The number of Topliss-reactive ketones (excluding diaryl/α,β-unsaturated/α-hetero) is 1. The van der Waals surface area contributed by atoms with Crippen LogP contribution in [0.2, 0.25) is 0 Å². The predicted molar refractivity (Wildman–Crippen MR) is 69.6 cm³/mol.